The van der Waals surface area contributed by atoms with Crippen LogP contribution in [-0.4, -0.2) is 4.98 Å². The fraction of sp³-hybridized carbons (Fsp3) is 0. The zero-order valence-corrected chi connectivity index (χ0v) is 30.8. The highest BCUT2D eigenvalue weighted by molar-refractivity contribution is 7.27. The molecule has 0 N–H and O–H groups in total. The first-order valence-corrected chi connectivity index (χ1v) is 19.9. The van der Waals surface area contributed by atoms with Gasteiger partial charge < -0.3 is 13.7 Å². The molecule has 0 saturated carbocycles. The normalized spacial score (nSPS) is 12.0. The van der Waals surface area contributed by atoms with Crippen LogP contribution in [0.5, 0.6) is 0 Å². The van der Waals surface area contributed by atoms with E-state index in [0.717, 1.165) is 87.3 Å². The predicted molar refractivity (Wildman–Crippen MR) is 233 cm³/mol. The standard InChI is InChI=1S/C49H28N2O2S2/c1-2-11-29(12-3-1)30-21-23-31(24-22-30)51(32-25-26-34-33-13-4-7-18-41(33)52-43(34)27-32)40-28-39-48(45-37-15-5-8-19-42(37)53-46(40)45)55-49(50-39)38-17-10-16-36-35-14-6-9-20-44(35)54-47(36)38/h1-28H. The summed E-state index contributed by atoms with van der Waals surface area (Å²) in [7, 11) is 0. The van der Waals surface area contributed by atoms with Crippen molar-refractivity contribution in [1.82, 2.24) is 4.98 Å². The van der Waals surface area contributed by atoms with Gasteiger partial charge in [0, 0.05) is 59.0 Å². The maximum absolute atomic E-state index is 6.89. The number of anilines is 3. The molecular weight excluding hydrogens is 713 g/mol. The molecule has 4 nitrogen and oxygen atoms in total. The molecule has 0 saturated heterocycles. The van der Waals surface area contributed by atoms with Gasteiger partial charge in [-0.1, -0.05) is 115 Å². The molecule has 12 rings (SSSR count). The lowest BCUT2D eigenvalue weighted by Gasteiger charge is -2.26. The number of aromatic nitrogens is 1. The molecule has 6 heteroatoms. The minimum absolute atomic E-state index is 0.820. The minimum Gasteiger partial charge on any atom is -0.456 e. The number of thiazole rings is 1. The third kappa shape index (κ3) is 4.72. The van der Waals surface area contributed by atoms with Gasteiger partial charge in [0.15, 0.2) is 5.58 Å². The van der Waals surface area contributed by atoms with Crippen molar-refractivity contribution in [3.63, 3.8) is 0 Å². The zero-order chi connectivity index (χ0) is 36.0. The van der Waals surface area contributed by atoms with Crippen LogP contribution in [0.25, 0.3) is 96.0 Å². The van der Waals surface area contributed by atoms with Crippen LogP contribution in [0.1, 0.15) is 0 Å². The summed E-state index contributed by atoms with van der Waals surface area (Å²) in [6.45, 7) is 0. The Hall–Kier alpha value is -6.73. The Labute approximate surface area is 322 Å². The second kappa shape index (κ2) is 11.9. The average molecular weight is 741 g/mol. The smallest absolute Gasteiger partial charge is 0.160 e. The first-order valence-electron chi connectivity index (χ1n) is 18.3. The summed E-state index contributed by atoms with van der Waals surface area (Å²) in [5, 5.41) is 7.89. The Bertz CT molecular complexity index is 3440. The van der Waals surface area contributed by atoms with Crippen LogP contribution in [-0.2, 0) is 0 Å². The summed E-state index contributed by atoms with van der Waals surface area (Å²) < 4.78 is 17.0. The van der Waals surface area contributed by atoms with E-state index in [4.69, 9.17) is 13.8 Å². The molecule has 0 unspecified atom stereocenters. The zero-order valence-electron chi connectivity index (χ0n) is 29.2. The number of thiophene rings is 1. The van der Waals surface area contributed by atoms with Gasteiger partial charge in [-0.2, -0.15) is 0 Å². The van der Waals surface area contributed by atoms with Gasteiger partial charge in [-0.05, 0) is 59.7 Å². The van der Waals surface area contributed by atoms with Crippen LogP contribution < -0.4 is 4.90 Å². The summed E-state index contributed by atoms with van der Waals surface area (Å²) in [5.74, 6) is 0. The molecule has 0 aliphatic rings. The van der Waals surface area contributed by atoms with E-state index in [9.17, 15) is 0 Å². The maximum atomic E-state index is 6.89. The Morgan fingerprint density at radius 2 is 1.13 bits per heavy atom. The van der Waals surface area contributed by atoms with Crippen LogP contribution in [0.2, 0.25) is 0 Å². The number of benzene rings is 8. The Kier molecular flexibility index (Phi) is 6.64. The molecule has 0 aliphatic carbocycles. The number of rotatable bonds is 5. The molecule has 8 aromatic carbocycles. The van der Waals surface area contributed by atoms with E-state index in [1.165, 1.54) is 25.7 Å². The molecule has 4 aromatic heterocycles. The fourth-order valence-electron chi connectivity index (χ4n) is 8.17. The van der Waals surface area contributed by atoms with Crippen molar-refractivity contribution >= 4 is 114 Å². The first kappa shape index (κ1) is 30.7. The lowest BCUT2D eigenvalue weighted by Crippen LogP contribution is -2.10. The third-order valence-corrected chi connectivity index (χ3v) is 13.1. The summed E-state index contributed by atoms with van der Waals surface area (Å²) in [6, 6.07) is 59.8. The van der Waals surface area contributed by atoms with Gasteiger partial charge in [0.05, 0.1) is 21.6 Å². The van der Waals surface area contributed by atoms with Crippen molar-refractivity contribution in [3.8, 4) is 21.7 Å². The van der Waals surface area contributed by atoms with Gasteiger partial charge in [-0.25, -0.2) is 4.98 Å². The Morgan fingerprint density at radius 3 is 1.98 bits per heavy atom. The molecule has 0 radical (unpaired) electrons. The number of hydrogen-bond donors (Lipinski definition) is 0. The Balaban J connectivity index is 1.12. The second-order valence-electron chi connectivity index (χ2n) is 13.9. The van der Waals surface area contributed by atoms with Crippen LogP contribution >= 0.6 is 22.7 Å². The first-order chi connectivity index (χ1) is 27.2. The van der Waals surface area contributed by atoms with E-state index in [0.29, 0.717) is 0 Å². The monoisotopic (exact) mass is 740 g/mol. The molecule has 258 valence electrons. The van der Waals surface area contributed by atoms with E-state index in [-0.39, 0.29) is 0 Å². The van der Waals surface area contributed by atoms with Gasteiger partial charge in [0.1, 0.15) is 21.8 Å². The largest absolute Gasteiger partial charge is 0.456 e. The van der Waals surface area contributed by atoms with Crippen molar-refractivity contribution < 1.29 is 8.83 Å². The van der Waals surface area contributed by atoms with E-state index >= 15 is 0 Å². The van der Waals surface area contributed by atoms with Gasteiger partial charge in [0.25, 0.3) is 0 Å². The lowest BCUT2D eigenvalue weighted by molar-refractivity contribution is 0.667. The second-order valence-corrected chi connectivity index (χ2v) is 15.9. The van der Waals surface area contributed by atoms with E-state index in [2.05, 4.69) is 157 Å². The summed E-state index contributed by atoms with van der Waals surface area (Å²) in [5.41, 5.74) is 10.7. The summed E-state index contributed by atoms with van der Waals surface area (Å²) >= 11 is 3.58. The van der Waals surface area contributed by atoms with E-state index < -0.39 is 0 Å². The van der Waals surface area contributed by atoms with Crippen LogP contribution in [0.4, 0.5) is 17.1 Å². The fourth-order valence-corrected chi connectivity index (χ4v) is 10.6. The van der Waals surface area contributed by atoms with Crippen molar-refractivity contribution in [2.75, 3.05) is 4.90 Å². The van der Waals surface area contributed by atoms with Crippen molar-refractivity contribution in [2.24, 2.45) is 0 Å². The van der Waals surface area contributed by atoms with Crippen molar-refractivity contribution in [2.45, 2.75) is 0 Å². The number of fused-ring (bicyclic) bond motifs is 11. The summed E-state index contributed by atoms with van der Waals surface area (Å²) in [6.07, 6.45) is 0. The topological polar surface area (TPSA) is 42.4 Å². The van der Waals surface area contributed by atoms with Crippen molar-refractivity contribution in [1.29, 1.82) is 0 Å². The molecule has 0 bridgehead atoms. The molecule has 55 heavy (non-hydrogen) atoms. The van der Waals surface area contributed by atoms with Crippen molar-refractivity contribution in [3.05, 3.63) is 170 Å². The van der Waals surface area contributed by atoms with Crippen LogP contribution in [0, 0.1) is 0 Å². The molecule has 0 aliphatic heterocycles. The number of nitrogens with zero attached hydrogens (tertiary/aromatic N) is 2. The minimum atomic E-state index is 0.820. The highest BCUT2D eigenvalue weighted by atomic mass is 32.1. The molecule has 4 heterocycles. The van der Waals surface area contributed by atoms with Crippen LogP contribution in [0.15, 0.2) is 179 Å². The lowest BCUT2D eigenvalue weighted by atomic mass is 10.0. The van der Waals surface area contributed by atoms with Gasteiger partial charge in [-0.15, -0.1) is 22.7 Å². The quantitative estimate of drug-likeness (QED) is 0.176. The number of para-hydroxylation sites is 2. The molecule has 0 spiro atoms. The third-order valence-electron chi connectivity index (χ3n) is 10.7. The number of hydrogen-bond acceptors (Lipinski definition) is 6. The molecule has 0 amide bonds. The molecule has 12 aromatic rings. The van der Waals surface area contributed by atoms with Gasteiger partial charge in [0.2, 0.25) is 0 Å². The highest BCUT2D eigenvalue weighted by Gasteiger charge is 2.25. The highest BCUT2D eigenvalue weighted by Crippen LogP contribution is 2.49. The van der Waals surface area contributed by atoms with E-state index in [1.54, 1.807) is 11.3 Å². The predicted octanol–water partition coefficient (Wildman–Crippen LogP) is 15.3. The van der Waals surface area contributed by atoms with E-state index in [1.807, 2.05) is 29.5 Å². The Morgan fingerprint density at radius 1 is 0.455 bits per heavy atom. The molecule has 0 atom stereocenters. The van der Waals surface area contributed by atoms with Gasteiger partial charge in [-0.3, -0.25) is 0 Å². The molecule has 0 fully saturated rings. The number of furan rings is 2. The summed E-state index contributed by atoms with van der Waals surface area (Å²) in [4.78, 5) is 7.73. The molecular formula is C49H28N2O2S2. The maximum Gasteiger partial charge on any atom is 0.160 e. The van der Waals surface area contributed by atoms with Crippen LogP contribution in [0.3, 0.4) is 0 Å². The average Bonchev–Trinajstić information content (AvgIpc) is 4.02. The van der Waals surface area contributed by atoms with Gasteiger partial charge >= 0.3 is 0 Å². The SMILES string of the molecule is c1ccc(-c2ccc(N(c3ccc4c(c3)oc3ccccc34)c3cc4nc(-c5cccc6c5sc5ccccc56)sc4c4c3oc3ccccc34)cc2)cc1.